The van der Waals surface area contributed by atoms with Gasteiger partial charge in [0.25, 0.3) is 5.24 Å². The maximum atomic E-state index is 11.0. The van der Waals surface area contributed by atoms with Crippen molar-refractivity contribution in [2.75, 3.05) is 12.3 Å². The molecule has 0 saturated carbocycles. The monoisotopic (exact) mass is 266 g/mol. The zero-order chi connectivity index (χ0) is 13.1. The standard InChI is InChI=1S/C11H11ClN4O2/c1-2-18-8-5-3-7(4-6-8)16-11(13)9(10(12)17)14-15-16/h3-6H,2,13H2,1H3. The van der Waals surface area contributed by atoms with E-state index in [4.69, 9.17) is 22.1 Å². The number of nitrogen functional groups attached to an aromatic ring is 1. The SMILES string of the molecule is CCOc1ccc(-n2nnc(C(=O)Cl)c2N)cc1. The summed E-state index contributed by atoms with van der Waals surface area (Å²) in [5, 5.41) is 6.67. The van der Waals surface area contributed by atoms with Gasteiger partial charge < -0.3 is 10.5 Å². The van der Waals surface area contributed by atoms with Gasteiger partial charge in [0.05, 0.1) is 12.3 Å². The van der Waals surface area contributed by atoms with Crippen LogP contribution in [0.15, 0.2) is 24.3 Å². The number of nitrogens with two attached hydrogens (primary N) is 1. The fraction of sp³-hybridized carbons (Fsp3) is 0.182. The van der Waals surface area contributed by atoms with E-state index in [0.29, 0.717) is 12.3 Å². The third kappa shape index (κ3) is 2.28. The predicted octanol–water partition coefficient (Wildman–Crippen LogP) is 1.63. The van der Waals surface area contributed by atoms with Crippen LogP contribution in [-0.2, 0) is 0 Å². The first kappa shape index (κ1) is 12.4. The molecule has 0 saturated heterocycles. The van der Waals surface area contributed by atoms with Crippen LogP contribution in [0.4, 0.5) is 5.82 Å². The van der Waals surface area contributed by atoms with Crippen molar-refractivity contribution in [1.82, 2.24) is 15.0 Å². The van der Waals surface area contributed by atoms with Crippen molar-refractivity contribution in [2.24, 2.45) is 0 Å². The minimum atomic E-state index is -0.732. The lowest BCUT2D eigenvalue weighted by Gasteiger charge is -2.05. The highest BCUT2D eigenvalue weighted by molar-refractivity contribution is 6.67. The van der Waals surface area contributed by atoms with Crippen molar-refractivity contribution in [1.29, 1.82) is 0 Å². The summed E-state index contributed by atoms with van der Waals surface area (Å²) < 4.78 is 6.66. The van der Waals surface area contributed by atoms with Gasteiger partial charge in [0, 0.05) is 0 Å². The number of nitrogens with zero attached hydrogens (tertiary/aromatic N) is 3. The summed E-state index contributed by atoms with van der Waals surface area (Å²) in [6, 6.07) is 7.08. The van der Waals surface area contributed by atoms with Crippen LogP contribution < -0.4 is 10.5 Å². The normalized spacial score (nSPS) is 10.3. The van der Waals surface area contributed by atoms with Crippen LogP contribution in [0.25, 0.3) is 5.69 Å². The fourth-order valence-corrected chi connectivity index (χ4v) is 1.60. The van der Waals surface area contributed by atoms with Gasteiger partial charge >= 0.3 is 0 Å². The van der Waals surface area contributed by atoms with Gasteiger partial charge in [-0.2, -0.15) is 4.68 Å². The van der Waals surface area contributed by atoms with E-state index < -0.39 is 5.24 Å². The second kappa shape index (κ2) is 5.05. The van der Waals surface area contributed by atoms with Gasteiger partial charge in [-0.05, 0) is 42.8 Å². The molecule has 2 aromatic rings. The van der Waals surface area contributed by atoms with Gasteiger partial charge in [-0.1, -0.05) is 5.21 Å². The summed E-state index contributed by atoms with van der Waals surface area (Å²) in [5.74, 6) is 0.854. The second-order valence-electron chi connectivity index (χ2n) is 3.44. The molecule has 6 nitrogen and oxygen atoms in total. The number of benzene rings is 1. The molecule has 94 valence electrons. The van der Waals surface area contributed by atoms with Crippen LogP contribution in [0.1, 0.15) is 17.4 Å². The van der Waals surface area contributed by atoms with Gasteiger partial charge in [-0.25, -0.2) is 0 Å². The quantitative estimate of drug-likeness (QED) is 0.851. The Hall–Kier alpha value is -2.08. The molecule has 0 aliphatic rings. The molecule has 0 spiro atoms. The second-order valence-corrected chi connectivity index (χ2v) is 3.78. The first-order valence-corrected chi connectivity index (χ1v) is 5.65. The highest BCUT2D eigenvalue weighted by Crippen LogP contribution is 2.19. The number of ether oxygens (including phenoxy) is 1. The van der Waals surface area contributed by atoms with Crippen LogP contribution >= 0.6 is 11.6 Å². The molecule has 1 aromatic heterocycles. The average molecular weight is 267 g/mol. The number of carbonyl (C=O) groups excluding carboxylic acids is 1. The third-order valence-electron chi connectivity index (χ3n) is 2.28. The van der Waals surface area contributed by atoms with Crippen LogP contribution in [-0.4, -0.2) is 26.8 Å². The first-order chi connectivity index (χ1) is 8.63. The van der Waals surface area contributed by atoms with Crippen molar-refractivity contribution >= 4 is 22.7 Å². The highest BCUT2D eigenvalue weighted by atomic mass is 35.5. The minimum Gasteiger partial charge on any atom is -0.494 e. The Morgan fingerprint density at radius 1 is 1.44 bits per heavy atom. The molecule has 2 rings (SSSR count). The van der Waals surface area contributed by atoms with Gasteiger partial charge in [-0.3, -0.25) is 4.79 Å². The molecule has 0 atom stereocenters. The van der Waals surface area contributed by atoms with E-state index in [9.17, 15) is 4.79 Å². The van der Waals surface area contributed by atoms with Gasteiger partial charge in [0.1, 0.15) is 5.75 Å². The average Bonchev–Trinajstić information content (AvgIpc) is 2.73. The molecule has 2 N–H and O–H groups in total. The zero-order valence-electron chi connectivity index (χ0n) is 9.63. The number of carbonyl (C=O) groups is 1. The predicted molar refractivity (Wildman–Crippen MR) is 67.1 cm³/mol. The van der Waals surface area contributed by atoms with Crippen molar-refractivity contribution < 1.29 is 9.53 Å². The summed E-state index contributed by atoms with van der Waals surface area (Å²) in [7, 11) is 0. The molecule has 0 amide bonds. The van der Waals surface area contributed by atoms with Gasteiger partial charge in [-0.15, -0.1) is 5.10 Å². The Morgan fingerprint density at radius 2 is 2.11 bits per heavy atom. The molecule has 0 unspecified atom stereocenters. The number of halogens is 1. The van der Waals surface area contributed by atoms with E-state index in [0.717, 1.165) is 5.75 Å². The molecule has 0 aliphatic heterocycles. The third-order valence-corrected chi connectivity index (χ3v) is 2.46. The van der Waals surface area contributed by atoms with E-state index in [1.807, 2.05) is 6.92 Å². The van der Waals surface area contributed by atoms with Crippen molar-refractivity contribution in [3.63, 3.8) is 0 Å². The zero-order valence-corrected chi connectivity index (χ0v) is 10.4. The first-order valence-electron chi connectivity index (χ1n) is 5.27. The summed E-state index contributed by atoms with van der Waals surface area (Å²) in [6.45, 7) is 2.50. The topological polar surface area (TPSA) is 83.0 Å². The summed E-state index contributed by atoms with van der Waals surface area (Å²) in [4.78, 5) is 11.0. The Morgan fingerprint density at radius 3 is 2.61 bits per heavy atom. The molecule has 18 heavy (non-hydrogen) atoms. The molecular weight excluding hydrogens is 256 g/mol. The molecule has 0 fully saturated rings. The Kier molecular flexibility index (Phi) is 3.47. The molecule has 1 heterocycles. The van der Waals surface area contributed by atoms with Gasteiger partial charge in [0.2, 0.25) is 0 Å². The number of hydrogen-bond acceptors (Lipinski definition) is 5. The summed E-state index contributed by atoms with van der Waals surface area (Å²) in [6.07, 6.45) is 0. The van der Waals surface area contributed by atoms with Crippen LogP contribution in [0.3, 0.4) is 0 Å². The van der Waals surface area contributed by atoms with Crippen LogP contribution in [0.5, 0.6) is 5.75 Å². The van der Waals surface area contributed by atoms with Crippen LogP contribution in [0, 0.1) is 0 Å². The smallest absolute Gasteiger partial charge is 0.276 e. The van der Waals surface area contributed by atoms with Crippen molar-refractivity contribution in [3.8, 4) is 11.4 Å². The number of anilines is 1. The minimum absolute atomic E-state index is 0.0504. The van der Waals surface area contributed by atoms with Gasteiger partial charge in [0.15, 0.2) is 11.5 Å². The van der Waals surface area contributed by atoms with E-state index in [1.165, 1.54) is 4.68 Å². The van der Waals surface area contributed by atoms with Crippen LogP contribution in [0.2, 0.25) is 0 Å². The number of rotatable bonds is 4. The highest BCUT2D eigenvalue weighted by Gasteiger charge is 2.16. The van der Waals surface area contributed by atoms with E-state index in [2.05, 4.69) is 10.3 Å². The lowest BCUT2D eigenvalue weighted by molar-refractivity contribution is 0.107. The molecule has 0 aliphatic carbocycles. The Balaban J connectivity index is 2.34. The molecule has 1 aromatic carbocycles. The Bertz CT molecular complexity index is 565. The molecule has 7 heteroatoms. The number of aromatic nitrogens is 3. The maximum absolute atomic E-state index is 11.0. The largest absolute Gasteiger partial charge is 0.494 e. The molecule has 0 bridgehead atoms. The summed E-state index contributed by atoms with van der Waals surface area (Å²) in [5.41, 5.74) is 6.36. The number of hydrogen-bond donors (Lipinski definition) is 1. The fourth-order valence-electron chi connectivity index (χ4n) is 1.47. The molecule has 0 radical (unpaired) electrons. The molecular formula is C11H11ClN4O2. The van der Waals surface area contributed by atoms with E-state index >= 15 is 0 Å². The lowest BCUT2D eigenvalue weighted by atomic mass is 10.3. The Labute approximate surface area is 108 Å². The van der Waals surface area contributed by atoms with E-state index in [-0.39, 0.29) is 11.5 Å². The summed E-state index contributed by atoms with van der Waals surface area (Å²) >= 11 is 5.32. The van der Waals surface area contributed by atoms with Crippen molar-refractivity contribution in [3.05, 3.63) is 30.0 Å². The lowest BCUT2D eigenvalue weighted by Crippen LogP contribution is -2.04. The van der Waals surface area contributed by atoms with Crippen molar-refractivity contribution in [2.45, 2.75) is 6.92 Å². The maximum Gasteiger partial charge on any atom is 0.276 e. The van der Waals surface area contributed by atoms with E-state index in [1.54, 1.807) is 24.3 Å².